The molecule has 0 bridgehead atoms. The van der Waals surface area contributed by atoms with Crippen LogP contribution in [0, 0.1) is 0 Å². The van der Waals surface area contributed by atoms with Gasteiger partial charge in [0, 0.05) is 18.4 Å². The molecular weight excluding hydrogens is 202 g/mol. The Morgan fingerprint density at radius 2 is 2.19 bits per heavy atom. The molecule has 0 amide bonds. The highest BCUT2D eigenvalue weighted by atomic mass is 16.5. The third-order valence-corrected chi connectivity index (χ3v) is 2.58. The zero-order chi connectivity index (χ0) is 12.0. The maximum Gasteiger partial charge on any atom is 0.339 e. The molecule has 0 unspecified atom stereocenters. The van der Waals surface area contributed by atoms with Crippen LogP contribution in [0.5, 0.6) is 0 Å². The van der Waals surface area contributed by atoms with E-state index in [4.69, 9.17) is 4.74 Å². The number of nitrogens with zero attached hydrogens (tertiary/aromatic N) is 1. The van der Waals surface area contributed by atoms with Crippen LogP contribution in [-0.2, 0) is 17.7 Å². The first kappa shape index (κ1) is 12.8. The summed E-state index contributed by atoms with van der Waals surface area (Å²) in [4.78, 5) is 11.4. The summed E-state index contributed by atoms with van der Waals surface area (Å²) in [6.45, 7) is 7.31. The molecule has 1 aliphatic heterocycles. The Hall–Kier alpha value is -1.25. The molecule has 0 saturated carbocycles. The van der Waals surface area contributed by atoms with Crippen molar-refractivity contribution in [1.29, 1.82) is 0 Å². The van der Waals surface area contributed by atoms with Crippen LogP contribution in [0.1, 0.15) is 49.7 Å². The molecule has 1 aromatic rings. The van der Waals surface area contributed by atoms with Crippen molar-refractivity contribution in [3.05, 3.63) is 23.5 Å². The van der Waals surface area contributed by atoms with Crippen LogP contribution in [0.4, 0.5) is 0 Å². The number of hydrogen-bond donors (Lipinski definition) is 0. The van der Waals surface area contributed by atoms with E-state index in [1.807, 2.05) is 33.0 Å². The SMILES string of the molecule is CC.CCOC(=O)c1cc2n(c1)CCCC2. The number of fused-ring (bicyclic) bond motifs is 1. The van der Waals surface area contributed by atoms with Gasteiger partial charge in [0.15, 0.2) is 0 Å². The Morgan fingerprint density at radius 1 is 1.44 bits per heavy atom. The molecule has 0 atom stereocenters. The molecule has 1 aromatic heterocycles. The first-order valence-corrected chi connectivity index (χ1v) is 6.17. The van der Waals surface area contributed by atoms with Gasteiger partial charge in [0.25, 0.3) is 0 Å². The number of rotatable bonds is 2. The fourth-order valence-corrected chi connectivity index (χ4v) is 1.89. The molecule has 0 radical (unpaired) electrons. The maximum absolute atomic E-state index is 11.4. The zero-order valence-corrected chi connectivity index (χ0v) is 10.5. The number of esters is 1. The van der Waals surface area contributed by atoms with Crippen molar-refractivity contribution < 1.29 is 9.53 Å². The molecule has 16 heavy (non-hydrogen) atoms. The van der Waals surface area contributed by atoms with Gasteiger partial charge in [-0.25, -0.2) is 4.79 Å². The van der Waals surface area contributed by atoms with Gasteiger partial charge < -0.3 is 9.30 Å². The Kier molecular flexibility index (Phi) is 5.09. The molecule has 0 fully saturated rings. The molecule has 3 nitrogen and oxygen atoms in total. The monoisotopic (exact) mass is 223 g/mol. The van der Waals surface area contributed by atoms with Gasteiger partial charge >= 0.3 is 5.97 Å². The summed E-state index contributed by atoms with van der Waals surface area (Å²) in [5, 5.41) is 0. The third kappa shape index (κ3) is 2.87. The summed E-state index contributed by atoms with van der Waals surface area (Å²) in [5.41, 5.74) is 1.96. The summed E-state index contributed by atoms with van der Waals surface area (Å²) in [6.07, 6.45) is 5.43. The molecule has 3 heteroatoms. The first-order chi connectivity index (χ1) is 7.81. The fourth-order valence-electron chi connectivity index (χ4n) is 1.89. The summed E-state index contributed by atoms with van der Waals surface area (Å²) < 4.78 is 7.12. The van der Waals surface area contributed by atoms with E-state index in [1.165, 1.54) is 18.5 Å². The van der Waals surface area contributed by atoms with Gasteiger partial charge in [0.1, 0.15) is 0 Å². The largest absolute Gasteiger partial charge is 0.462 e. The fraction of sp³-hybridized carbons (Fsp3) is 0.615. The second-order valence-corrected chi connectivity index (χ2v) is 3.59. The van der Waals surface area contributed by atoms with Crippen molar-refractivity contribution in [3.63, 3.8) is 0 Å². The molecule has 1 aliphatic rings. The Bertz CT molecular complexity index is 318. The average Bonchev–Trinajstić information content (AvgIpc) is 2.75. The third-order valence-electron chi connectivity index (χ3n) is 2.58. The lowest BCUT2D eigenvalue weighted by Crippen LogP contribution is -2.07. The van der Waals surface area contributed by atoms with E-state index >= 15 is 0 Å². The maximum atomic E-state index is 11.4. The molecule has 2 rings (SSSR count). The number of hydrogen-bond acceptors (Lipinski definition) is 2. The van der Waals surface area contributed by atoms with Gasteiger partial charge in [0.2, 0.25) is 0 Å². The first-order valence-electron chi connectivity index (χ1n) is 6.17. The molecule has 0 saturated heterocycles. The number of carbonyl (C=O) groups excluding carboxylic acids is 1. The van der Waals surface area contributed by atoms with Crippen LogP contribution in [-0.4, -0.2) is 17.1 Å². The van der Waals surface area contributed by atoms with Crippen molar-refractivity contribution in [2.45, 2.75) is 46.6 Å². The predicted octanol–water partition coefficient (Wildman–Crippen LogP) is 3.03. The summed E-state index contributed by atoms with van der Waals surface area (Å²) in [7, 11) is 0. The number of aromatic nitrogens is 1. The molecule has 90 valence electrons. The second-order valence-electron chi connectivity index (χ2n) is 3.59. The van der Waals surface area contributed by atoms with Gasteiger partial charge in [-0.05, 0) is 32.3 Å². The van der Waals surface area contributed by atoms with Crippen LogP contribution in [0.15, 0.2) is 12.3 Å². The lowest BCUT2D eigenvalue weighted by atomic mass is 10.1. The van der Waals surface area contributed by atoms with E-state index in [-0.39, 0.29) is 5.97 Å². The van der Waals surface area contributed by atoms with Crippen molar-refractivity contribution in [2.75, 3.05) is 6.61 Å². The molecular formula is C13H21NO2. The zero-order valence-electron chi connectivity index (χ0n) is 10.5. The van der Waals surface area contributed by atoms with Gasteiger partial charge in [-0.3, -0.25) is 0 Å². The van der Waals surface area contributed by atoms with Gasteiger partial charge in [0.05, 0.1) is 12.2 Å². The van der Waals surface area contributed by atoms with E-state index in [2.05, 4.69) is 4.57 Å². The molecule has 0 spiro atoms. The number of aryl methyl sites for hydroxylation is 2. The highest BCUT2D eigenvalue weighted by molar-refractivity contribution is 5.89. The van der Waals surface area contributed by atoms with Crippen molar-refractivity contribution in [2.24, 2.45) is 0 Å². The van der Waals surface area contributed by atoms with Crippen molar-refractivity contribution in [1.82, 2.24) is 4.57 Å². The topological polar surface area (TPSA) is 31.2 Å². The standard InChI is InChI=1S/C11H15NO2.C2H6/c1-2-14-11(13)9-7-10-5-3-4-6-12(10)8-9;1-2/h7-8H,2-6H2,1H3;1-2H3. The van der Waals surface area contributed by atoms with E-state index < -0.39 is 0 Å². The predicted molar refractivity (Wildman–Crippen MR) is 64.7 cm³/mol. The van der Waals surface area contributed by atoms with E-state index in [0.717, 1.165) is 13.0 Å². The summed E-state index contributed by atoms with van der Waals surface area (Å²) in [6, 6.07) is 1.96. The Balaban J connectivity index is 0.000000606. The lowest BCUT2D eigenvalue weighted by molar-refractivity contribution is 0.0526. The van der Waals surface area contributed by atoms with E-state index in [9.17, 15) is 4.79 Å². The van der Waals surface area contributed by atoms with Crippen LogP contribution in [0.3, 0.4) is 0 Å². The van der Waals surface area contributed by atoms with Crippen LogP contribution < -0.4 is 0 Å². The van der Waals surface area contributed by atoms with Gasteiger partial charge in [-0.2, -0.15) is 0 Å². The number of carbonyl (C=O) groups is 1. The molecule has 0 N–H and O–H groups in total. The van der Waals surface area contributed by atoms with Gasteiger partial charge in [-0.1, -0.05) is 13.8 Å². The van der Waals surface area contributed by atoms with Crippen LogP contribution >= 0.6 is 0 Å². The molecule has 0 aromatic carbocycles. The smallest absolute Gasteiger partial charge is 0.339 e. The normalized spacial score (nSPS) is 13.4. The minimum atomic E-state index is -0.200. The summed E-state index contributed by atoms with van der Waals surface area (Å²) >= 11 is 0. The van der Waals surface area contributed by atoms with E-state index in [1.54, 1.807) is 0 Å². The Labute approximate surface area is 97.4 Å². The quantitative estimate of drug-likeness (QED) is 0.722. The summed E-state index contributed by atoms with van der Waals surface area (Å²) in [5.74, 6) is -0.200. The van der Waals surface area contributed by atoms with Crippen molar-refractivity contribution in [3.8, 4) is 0 Å². The lowest BCUT2D eigenvalue weighted by Gasteiger charge is -2.13. The van der Waals surface area contributed by atoms with Crippen LogP contribution in [0.2, 0.25) is 0 Å². The van der Waals surface area contributed by atoms with Crippen molar-refractivity contribution >= 4 is 5.97 Å². The average molecular weight is 223 g/mol. The Morgan fingerprint density at radius 3 is 2.81 bits per heavy atom. The number of ether oxygens (including phenoxy) is 1. The van der Waals surface area contributed by atoms with E-state index in [0.29, 0.717) is 12.2 Å². The van der Waals surface area contributed by atoms with Crippen LogP contribution in [0.25, 0.3) is 0 Å². The minimum Gasteiger partial charge on any atom is -0.462 e. The van der Waals surface area contributed by atoms with Gasteiger partial charge in [-0.15, -0.1) is 0 Å². The second kappa shape index (κ2) is 6.36. The molecule has 2 heterocycles. The highest BCUT2D eigenvalue weighted by Crippen LogP contribution is 2.18. The highest BCUT2D eigenvalue weighted by Gasteiger charge is 2.15. The minimum absolute atomic E-state index is 0.200. The molecule has 0 aliphatic carbocycles.